The Bertz CT molecular complexity index is 942. The minimum Gasteiger partial charge on any atom is -0.330 e. The van der Waals surface area contributed by atoms with Crippen LogP contribution in [0.2, 0.25) is 0 Å². The minimum absolute atomic E-state index is 0.0203. The largest absolute Gasteiger partial charge is 0.330 e. The number of rotatable bonds is 7. The maximum absolute atomic E-state index is 12.9. The van der Waals surface area contributed by atoms with Crippen molar-refractivity contribution in [3.8, 4) is 0 Å². The van der Waals surface area contributed by atoms with Crippen LogP contribution in [0.4, 0.5) is 0 Å². The zero-order chi connectivity index (χ0) is 19.6. The van der Waals surface area contributed by atoms with Crippen molar-refractivity contribution in [2.75, 3.05) is 18.1 Å². The lowest BCUT2D eigenvalue weighted by Gasteiger charge is -2.17. The first kappa shape index (κ1) is 20.8. The minimum atomic E-state index is -3.97. The molecule has 0 saturated carbocycles. The summed E-state index contributed by atoms with van der Waals surface area (Å²) in [7, 11) is -10.8. The molecule has 0 saturated heterocycles. The van der Waals surface area contributed by atoms with Crippen LogP contribution in [-0.2, 0) is 28.8 Å². The maximum atomic E-state index is 12.9. The van der Waals surface area contributed by atoms with Gasteiger partial charge in [-0.1, -0.05) is 35.4 Å². The Morgan fingerprint density at radius 2 is 1.04 bits per heavy atom. The van der Waals surface area contributed by atoms with Gasteiger partial charge in [0, 0.05) is 7.11 Å². The van der Waals surface area contributed by atoms with E-state index < -0.39 is 38.0 Å². The summed E-state index contributed by atoms with van der Waals surface area (Å²) in [5.41, 5.74) is 0.0108. The van der Waals surface area contributed by atoms with Crippen LogP contribution in [0.3, 0.4) is 0 Å². The SMILES string of the molecule is COP(=O)(CS(=O)(=O)c1ccc(C)cc1)CS(=O)(=O)c1ccc(C)cc1. The topological polar surface area (TPSA) is 94.6 Å². The second kappa shape index (κ2) is 7.64. The van der Waals surface area contributed by atoms with E-state index in [4.69, 9.17) is 4.52 Å². The Morgan fingerprint density at radius 1 is 0.731 bits per heavy atom. The molecule has 9 heteroatoms. The molecule has 0 spiro atoms. The summed E-state index contributed by atoms with van der Waals surface area (Å²) in [4.78, 5) is -0.0405. The standard InChI is InChI=1S/C17H21O6PS2/c1-14-4-8-16(9-5-14)25(19,20)12-24(18,23-3)13-26(21,22)17-10-6-15(2)7-11-17/h4-11H,12-13H2,1-3H3. The molecule has 6 nitrogen and oxygen atoms in total. The van der Waals surface area contributed by atoms with Crippen molar-refractivity contribution >= 4 is 27.0 Å². The van der Waals surface area contributed by atoms with Gasteiger partial charge in [-0.2, -0.15) is 0 Å². The number of hydrogen-bond donors (Lipinski definition) is 0. The number of aryl methyl sites for hydroxylation is 2. The van der Waals surface area contributed by atoms with Gasteiger partial charge in [-0.15, -0.1) is 0 Å². The Morgan fingerprint density at radius 3 is 1.31 bits per heavy atom. The highest BCUT2D eigenvalue weighted by Gasteiger charge is 2.36. The lowest BCUT2D eigenvalue weighted by Crippen LogP contribution is -2.15. The van der Waals surface area contributed by atoms with Crippen LogP contribution in [0.15, 0.2) is 58.3 Å². The van der Waals surface area contributed by atoms with E-state index in [1.165, 1.54) is 24.3 Å². The third-order valence-electron chi connectivity index (χ3n) is 3.83. The molecular weight excluding hydrogens is 395 g/mol. The maximum Gasteiger partial charge on any atom is 0.233 e. The Kier molecular flexibility index (Phi) is 6.13. The Labute approximate surface area is 154 Å². The summed E-state index contributed by atoms with van der Waals surface area (Å²) in [5, 5.41) is 0. The Balaban J connectivity index is 2.31. The highest BCUT2D eigenvalue weighted by atomic mass is 32.2. The molecule has 0 radical (unpaired) electrons. The average Bonchev–Trinajstić information content (AvgIpc) is 2.54. The van der Waals surface area contributed by atoms with E-state index in [9.17, 15) is 21.4 Å². The van der Waals surface area contributed by atoms with E-state index in [-0.39, 0.29) is 9.79 Å². The zero-order valence-corrected chi connectivity index (χ0v) is 17.3. The van der Waals surface area contributed by atoms with Crippen LogP contribution in [0.25, 0.3) is 0 Å². The molecule has 0 fully saturated rings. The first-order valence-corrected chi connectivity index (χ1v) is 13.0. The molecule has 0 aliphatic heterocycles. The van der Waals surface area contributed by atoms with E-state index in [2.05, 4.69) is 0 Å². The van der Waals surface area contributed by atoms with Crippen molar-refractivity contribution in [2.45, 2.75) is 23.6 Å². The van der Waals surface area contributed by atoms with Gasteiger partial charge in [0.25, 0.3) is 0 Å². The first-order chi connectivity index (χ1) is 12.0. The number of sulfone groups is 2. The molecule has 0 N–H and O–H groups in total. The average molecular weight is 416 g/mol. The van der Waals surface area contributed by atoms with Crippen LogP contribution < -0.4 is 0 Å². The van der Waals surface area contributed by atoms with E-state index in [0.29, 0.717) is 0 Å². The van der Waals surface area contributed by atoms with E-state index >= 15 is 0 Å². The predicted molar refractivity (Wildman–Crippen MR) is 101 cm³/mol. The fourth-order valence-electron chi connectivity index (χ4n) is 2.30. The van der Waals surface area contributed by atoms with Crippen molar-refractivity contribution in [3.63, 3.8) is 0 Å². The highest BCUT2D eigenvalue weighted by molar-refractivity contribution is 8.03. The van der Waals surface area contributed by atoms with Crippen molar-refractivity contribution in [1.29, 1.82) is 0 Å². The third kappa shape index (κ3) is 5.04. The molecule has 2 aromatic carbocycles. The smallest absolute Gasteiger partial charge is 0.233 e. The molecule has 0 amide bonds. The lowest BCUT2D eigenvalue weighted by atomic mass is 10.2. The quantitative estimate of drug-likeness (QED) is 0.642. The van der Waals surface area contributed by atoms with Crippen molar-refractivity contribution in [3.05, 3.63) is 59.7 Å². The highest BCUT2D eigenvalue weighted by Crippen LogP contribution is 2.50. The predicted octanol–water partition coefficient (Wildman–Crippen LogP) is 3.39. The zero-order valence-electron chi connectivity index (χ0n) is 14.7. The molecule has 0 heterocycles. The summed E-state index contributed by atoms with van der Waals surface area (Å²) in [6.45, 7) is 3.62. The van der Waals surface area contributed by atoms with Gasteiger partial charge in [0.05, 0.1) is 9.79 Å². The van der Waals surface area contributed by atoms with Gasteiger partial charge in [-0.3, -0.25) is 4.57 Å². The fourth-order valence-corrected chi connectivity index (χ4v) is 10.6. The second-order valence-corrected chi connectivity index (χ2v) is 13.6. The van der Waals surface area contributed by atoms with Crippen LogP contribution in [0, 0.1) is 13.8 Å². The Hall–Kier alpha value is -1.47. The van der Waals surface area contributed by atoms with Crippen LogP contribution >= 0.6 is 7.37 Å². The van der Waals surface area contributed by atoms with E-state index in [1.54, 1.807) is 24.3 Å². The number of benzene rings is 2. The first-order valence-electron chi connectivity index (χ1n) is 7.70. The summed E-state index contributed by atoms with van der Waals surface area (Å²) in [6.07, 6.45) is 0. The molecule has 0 bridgehead atoms. The summed E-state index contributed by atoms with van der Waals surface area (Å²) < 4.78 is 68.0. The molecule has 26 heavy (non-hydrogen) atoms. The van der Waals surface area contributed by atoms with Crippen molar-refractivity contribution in [2.24, 2.45) is 0 Å². The van der Waals surface area contributed by atoms with Crippen molar-refractivity contribution < 1.29 is 25.9 Å². The van der Waals surface area contributed by atoms with Crippen LogP contribution in [-0.4, -0.2) is 34.9 Å². The normalized spacial score (nSPS) is 12.9. The van der Waals surface area contributed by atoms with Gasteiger partial charge in [-0.05, 0) is 38.1 Å². The molecular formula is C17H21O6PS2. The molecule has 0 aliphatic carbocycles. The van der Waals surface area contributed by atoms with E-state index in [1.807, 2.05) is 13.8 Å². The summed E-state index contributed by atoms with van der Waals surface area (Å²) in [5.74, 6) is 0. The monoisotopic (exact) mass is 416 g/mol. The molecule has 2 rings (SSSR count). The van der Waals surface area contributed by atoms with Crippen LogP contribution in [0.1, 0.15) is 11.1 Å². The third-order valence-corrected chi connectivity index (χ3v) is 12.3. The van der Waals surface area contributed by atoms with Gasteiger partial charge >= 0.3 is 0 Å². The lowest BCUT2D eigenvalue weighted by molar-refractivity contribution is 0.400. The fraction of sp³-hybridized carbons (Fsp3) is 0.294. The molecule has 142 valence electrons. The summed E-state index contributed by atoms with van der Waals surface area (Å²) in [6, 6.07) is 12.1. The molecule has 0 aromatic heterocycles. The van der Waals surface area contributed by atoms with Gasteiger partial charge < -0.3 is 4.52 Å². The molecule has 0 atom stereocenters. The van der Waals surface area contributed by atoms with Crippen LogP contribution in [0.5, 0.6) is 0 Å². The van der Waals surface area contributed by atoms with Gasteiger partial charge in [0.1, 0.15) is 11.0 Å². The van der Waals surface area contributed by atoms with Gasteiger partial charge in [-0.25, -0.2) is 16.8 Å². The molecule has 0 unspecified atom stereocenters. The van der Waals surface area contributed by atoms with E-state index in [0.717, 1.165) is 18.2 Å². The van der Waals surface area contributed by atoms with Gasteiger partial charge in [0.2, 0.25) is 7.37 Å². The molecule has 2 aromatic rings. The molecule has 0 aliphatic rings. The van der Waals surface area contributed by atoms with Crippen molar-refractivity contribution in [1.82, 2.24) is 0 Å². The van der Waals surface area contributed by atoms with Gasteiger partial charge in [0.15, 0.2) is 19.7 Å². The summed E-state index contributed by atoms with van der Waals surface area (Å²) >= 11 is 0. The number of hydrogen-bond acceptors (Lipinski definition) is 6. The second-order valence-electron chi connectivity index (χ2n) is 6.11.